The van der Waals surface area contributed by atoms with Gasteiger partial charge in [0, 0.05) is 18.0 Å². The van der Waals surface area contributed by atoms with Gasteiger partial charge in [-0.2, -0.15) is 4.31 Å². The molecule has 0 aromatic carbocycles. The fourth-order valence-corrected chi connectivity index (χ4v) is 5.80. The summed E-state index contributed by atoms with van der Waals surface area (Å²) in [7, 11) is -3.49. The van der Waals surface area contributed by atoms with Gasteiger partial charge < -0.3 is 5.11 Å². The van der Waals surface area contributed by atoms with Crippen LogP contribution in [0.4, 0.5) is 0 Å². The van der Waals surface area contributed by atoms with Crippen LogP contribution < -0.4 is 0 Å². The summed E-state index contributed by atoms with van der Waals surface area (Å²) in [6, 6.07) is 3.11. The van der Waals surface area contributed by atoms with Gasteiger partial charge in [-0.25, -0.2) is 8.42 Å². The number of nitrogens with zero attached hydrogens (tertiary/aromatic N) is 1. The van der Waals surface area contributed by atoms with Crippen LogP contribution in [0.2, 0.25) is 0 Å². The molecule has 2 rings (SSSR count). The van der Waals surface area contributed by atoms with Gasteiger partial charge in [0.2, 0.25) is 0 Å². The first-order valence-corrected chi connectivity index (χ1v) is 9.67. The second-order valence-corrected chi connectivity index (χ2v) is 10.2. The van der Waals surface area contributed by atoms with Crippen LogP contribution in [-0.4, -0.2) is 36.9 Å². The normalized spacial score (nSPS) is 18.5. The minimum atomic E-state index is -3.49. The van der Waals surface area contributed by atoms with E-state index in [2.05, 4.69) is 20.8 Å². The maximum atomic E-state index is 12.6. The van der Waals surface area contributed by atoms with Crippen molar-refractivity contribution >= 4 is 27.3 Å². The predicted molar refractivity (Wildman–Crippen MR) is 86.6 cm³/mol. The molecule has 0 atom stereocenters. The monoisotopic (exact) mass is 345 g/mol. The zero-order valence-corrected chi connectivity index (χ0v) is 14.8. The van der Waals surface area contributed by atoms with Crippen molar-refractivity contribution in [1.29, 1.82) is 0 Å². The van der Waals surface area contributed by atoms with Crippen molar-refractivity contribution < 1.29 is 18.3 Å². The Morgan fingerprint density at radius 3 is 2.41 bits per heavy atom. The molecule has 1 saturated heterocycles. The van der Waals surface area contributed by atoms with Gasteiger partial charge in [0.05, 0.1) is 6.42 Å². The van der Waals surface area contributed by atoms with E-state index in [4.69, 9.17) is 5.11 Å². The maximum absolute atomic E-state index is 12.6. The van der Waals surface area contributed by atoms with E-state index >= 15 is 0 Å². The molecule has 1 aromatic heterocycles. The highest BCUT2D eigenvalue weighted by Gasteiger charge is 2.34. The number of carbonyl (C=O) groups is 1. The number of sulfonamides is 1. The summed E-state index contributed by atoms with van der Waals surface area (Å²) in [6.45, 7) is 7.66. The fraction of sp³-hybridized carbons (Fsp3) is 0.667. The lowest BCUT2D eigenvalue weighted by Crippen LogP contribution is -2.41. The molecule has 1 aliphatic heterocycles. The van der Waals surface area contributed by atoms with E-state index in [1.54, 1.807) is 6.07 Å². The standard InChI is InChI=1S/C15H23NO4S2/c1-15(2,3)11-6-8-16(9-7-11)22(19,20)14-5-4-12(21-14)10-13(17)18/h4-5,11H,6-10H2,1-3H3,(H,17,18). The van der Waals surface area contributed by atoms with Crippen LogP contribution in [-0.2, 0) is 21.2 Å². The van der Waals surface area contributed by atoms with E-state index in [0.717, 1.165) is 24.2 Å². The number of piperidine rings is 1. The second-order valence-electron chi connectivity index (χ2n) is 6.84. The molecular weight excluding hydrogens is 322 g/mol. The molecule has 0 amide bonds. The van der Waals surface area contributed by atoms with Gasteiger partial charge in [0.25, 0.3) is 10.0 Å². The minimum Gasteiger partial charge on any atom is -0.481 e. The summed E-state index contributed by atoms with van der Waals surface area (Å²) < 4.78 is 27.0. The molecule has 22 heavy (non-hydrogen) atoms. The number of thiophene rings is 1. The first kappa shape index (κ1) is 17.4. The molecule has 0 saturated carbocycles. The molecule has 0 aliphatic carbocycles. The van der Waals surface area contributed by atoms with Crippen molar-refractivity contribution in [1.82, 2.24) is 4.31 Å². The van der Waals surface area contributed by atoms with Crippen molar-refractivity contribution in [2.75, 3.05) is 13.1 Å². The Labute approximate surface area is 136 Å². The van der Waals surface area contributed by atoms with Crippen molar-refractivity contribution in [3.63, 3.8) is 0 Å². The predicted octanol–water partition coefficient (Wildman–Crippen LogP) is 2.82. The number of hydrogen-bond acceptors (Lipinski definition) is 4. The van der Waals surface area contributed by atoms with E-state index in [1.807, 2.05) is 0 Å². The number of carboxylic acids is 1. The van der Waals surface area contributed by atoms with E-state index in [0.29, 0.717) is 23.9 Å². The molecule has 7 heteroatoms. The minimum absolute atomic E-state index is 0.133. The Balaban J connectivity index is 2.08. The fourth-order valence-electron chi connectivity index (χ4n) is 2.83. The largest absolute Gasteiger partial charge is 0.481 e. The molecule has 1 N–H and O–H groups in total. The quantitative estimate of drug-likeness (QED) is 0.910. The molecule has 1 aromatic rings. The third-order valence-electron chi connectivity index (χ3n) is 4.24. The lowest BCUT2D eigenvalue weighted by molar-refractivity contribution is -0.136. The Bertz CT molecular complexity index is 635. The Morgan fingerprint density at radius 1 is 1.32 bits per heavy atom. The summed E-state index contributed by atoms with van der Waals surface area (Å²) in [5, 5.41) is 8.78. The van der Waals surface area contributed by atoms with E-state index < -0.39 is 16.0 Å². The SMILES string of the molecule is CC(C)(C)C1CCN(S(=O)(=O)c2ccc(CC(=O)O)s2)CC1. The van der Waals surface area contributed by atoms with Crippen LogP contribution >= 0.6 is 11.3 Å². The molecule has 5 nitrogen and oxygen atoms in total. The van der Waals surface area contributed by atoms with E-state index in [1.165, 1.54) is 10.4 Å². The van der Waals surface area contributed by atoms with Crippen LogP contribution in [0.15, 0.2) is 16.3 Å². The Hall–Kier alpha value is -0.920. The lowest BCUT2D eigenvalue weighted by atomic mass is 9.76. The van der Waals surface area contributed by atoms with Gasteiger partial charge in [-0.3, -0.25) is 4.79 Å². The summed E-state index contributed by atoms with van der Waals surface area (Å²) in [5.74, 6) is -0.415. The number of aliphatic carboxylic acids is 1. The lowest BCUT2D eigenvalue weighted by Gasteiger charge is -2.38. The average Bonchev–Trinajstić information content (AvgIpc) is 2.86. The Kier molecular flexibility index (Phi) is 4.99. The third-order valence-corrected chi connectivity index (χ3v) is 7.69. The van der Waals surface area contributed by atoms with Crippen LogP contribution in [0.3, 0.4) is 0 Å². The molecule has 1 fully saturated rings. The highest BCUT2D eigenvalue weighted by molar-refractivity contribution is 7.91. The number of carboxylic acid groups (broad SMARTS) is 1. The first-order chi connectivity index (χ1) is 10.1. The molecular formula is C15H23NO4S2. The smallest absolute Gasteiger partial charge is 0.308 e. The van der Waals surface area contributed by atoms with E-state index in [9.17, 15) is 13.2 Å². The van der Waals surface area contributed by atoms with Crippen molar-refractivity contribution in [2.24, 2.45) is 11.3 Å². The van der Waals surface area contributed by atoms with Crippen LogP contribution in [0.5, 0.6) is 0 Å². The summed E-state index contributed by atoms with van der Waals surface area (Å²) in [5.41, 5.74) is 0.202. The van der Waals surface area contributed by atoms with Gasteiger partial charge in [0.1, 0.15) is 4.21 Å². The molecule has 2 heterocycles. The topological polar surface area (TPSA) is 74.7 Å². The average molecular weight is 345 g/mol. The summed E-state index contributed by atoms with van der Waals surface area (Å²) in [6.07, 6.45) is 1.61. The summed E-state index contributed by atoms with van der Waals surface area (Å²) in [4.78, 5) is 11.3. The maximum Gasteiger partial charge on any atom is 0.308 e. The zero-order valence-electron chi connectivity index (χ0n) is 13.2. The molecule has 0 radical (unpaired) electrons. The van der Waals surface area contributed by atoms with Gasteiger partial charge in [-0.15, -0.1) is 11.3 Å². The molecule has 1 aliphatic rings. The highest BCUT2D eigenvalue weighted by Crippen LogP contribution is 2.36. The van der Waals surface area contributed by atoms with Crippen molar-refractivity contribution in [3.8, 4) is 0 Å². The summed E-state index contributed by atoms with van der Waals surface area (Å²) >= 11 is 1.06. The van der Waals surface area contributed by atoms with Gasteiger partial charge in [-0.05, 0) is 36.3 Å². The van der Waals surface area contributed by atoms with E-state index in [-0.39, 0.29) is 16.0 Å². The second kappa shape index (κ2) is 6.29. The first-order valence-electron chi connectivity index (χ1n) is 7.41. The molecule has 0 bridgehead atoms. The zero-order chi connectivity index (χ0) is 16.5. The number of hydrogen-bond donors (Lipinski definition) is 1. The highest BCUT2D eigenvalue weighted by atomic mass is 32.2. The van der Waals surface area contributed by atoms with Gasteiger partial charge in [-0.1, -0.05) is 20.8 Å². The molecule has 0 spiro atoms. The Morgan fingerprint density at radius 2 is 1.91 bits per heavy atom. The van der Waals surface area contributed by atoms with Crippen LogP contribution in [0.1, 0.15) is 38.5 Å². The van der Waals surface area contributed by atoms with Crippen molar-refractivity contribution in [2.45, 2.75) is 44.2 Å². The molecule has 124 valence electrons. The van der Waals surface area contributed by atoms with Crippen LogP contribution in [0, 0.1) is 11.3 Å². The van der Waals surface area contributed by atoms with Gasteiger partial charge >= 0.3 is 5.97 Å². The van der Waals surface area contributed by atoms with Gasteiger partial charge in [0.15, 0.2) is 0 Å². The van der Waals surface area contributed by atoms with Crippen LogP contribution in [0.25, 0.3) is 0 Å². The molecule has 0 unspecified atom stereocenters. The third kappa shape index (κ3) is 3.88. The van der Waals surface area contributed by atoms with Crippen molar-refractivity contribution in [3.05, 3.63) is 17.0 Å². The number of rotatable bonds is 4.